The number of aryl methyl sites for hydroxylation is 1. The Kier molecular flexibility index (Phi) is 4.92. The molecule has 0 aromatic carbocycles. The van der Waals surface area contributed by atoms with Gasteiger partial charge in [0.2, 0.25) is 5.91 Å². The lowest BCUT2D eigenvalue weighted by Gasteiger charge is -2.36. The SMILES string of the molecule is Cn1cccc1C(=O)NC(=O)CN(CCO)C1CCC1. The molecule has 0 spiro atoms. The summed E-state index contributed by atoms with van der Waals surface area (Å²) in [5.74, 6) is -0.711. The fourth-order valence-electron chi connectivity index (χ4n) is 2.38. The number of aliphatic hydroxyl groups excluding tert-OH is 1. The van der Waals surface area contributed by atoms with Crippen molar-refractivity contribution in [3.05, 3.63) is 24.0 Å². The first-order chi connectivity index (χ1) is 9.61. The second kappa shape index (κ2) is 6.67. The zero-order valence-corrected chi connectivity index (χ0v) is 11.7. The number of rotatable bonds is 6. The summed E-state index contributed by atoms with van der Waals surface area (Å²) in [5, 5.41) is 11.4. The van der Waals surface area contributed by atoms with Gasteiger partial charge in [-0.3, -0.25) is 19.8 Å². The number of aromatic nitrogens is 1. The number of aliphatic hydroxyl groups is 1. The molecule has 0 atom stereocenters. The van der Waals surface area contributed by atoms with E-state index in [4.69, 9.17) is 5.11 Å². The fourth-order valence-corrected chi connectivity index (χ4v) is 2.38. The van der Waals surface area contributed by atoms with Crippen LogP contribution in [0.3, 0.4) is 0 Å². The molecule has 1 aromatic heterocycles. The Morgan fingerprint density at radius 1 is 1.50 bits per heavy atom. The Labute approximate surface area is 118 Å². The van der Waals surface area contributed by atoms with E-state index in [0.29, 0.717) is 18.3 Å². The largest absolute Gasteiger partial charge is 0.395 e. The van der Waals surface area contributed by atoms with Crippen molar-refractivity contribution >= 4 is 11.8 Å². The van der Waals surface area contributed by atoms with Crippen LogP contribution in [0.4, 0.5) is 0 Å². The third-order valence-corrected chi connectivity index (χ3v) is 3.75. The zero-order chi connectivity index (χ0) is 14.5. The second-order valence-electron chi connectivity index (χ2n) is 5.16. The van der Waals surface area contributed by atoms with Crippen LogP contribution in [0.15, 0.2) is 18.3 Å². The molecule has 20 heavy (non-hydrogen) atoms. The number of imide groups is 1. The number of carbonyl (C=O) groups excluding carboxylic acids is 2. The highest BCUT2D eigenvalue weighted by Crippen LogP contribution is 2.24. The molecule has 2 amide bonds. The van der Waals surface area contributed by atoms with E-state index in [1.54, 1.807) is 29.9 Å². The summed E-state index contributed by atoms with van der Waals surface area (Å²) in [6, 6.07) is 3.78. The molecular weight excluding hydrogens is 258 g/mol. The van der Waals surface area contributed by atoms with E-state index >= 15 is 0 Å². The molecule has 1 fully saturated rings. The van der Waals surface area contributed by atoms with Gasteiger partial charge in [0, 0.05) is 25.8 Å². The number of amides is 2. The normalized spacial score (nSPS) is 15.2. The van der Waals surface area contributed by atoms with E-state index in [0.717, 1.165) is 19.3 Å². The summed E-state index contributed by atoms with van der Waals surface area (Å²) in [4.78, 5) is 25.8. The first kappa shape index (κ1) is 14.7. The molecule has 6 nitrogen and oxygen atoms in total. The maximum Gasteiger partial charge on any atom is 0.274 e. The smallest absolute Gasteiger partial charge is 0.274 e. The van der Waals surface area contributed by atoms with Gasteiger partial charge < -0.3 is 9.67 Å². The van der Waals surface area contributed by atoms with Crippen molar-refractivity contribution in [3.8, 4) is 0 Å². The average molecular weight is 279 g/mol. The molecule has 2 rings (SSSR count). The molecule has 1 aliphatic rings. The predicted octanol–water partition coefficient (Wildman–Crippen LogP) is 0.128. The van der Waals surface area contributed by atoms with Crippen LogP contribution < -0.4 is 5.32 Å². The average Bonchev–Trinajstić information content (AvgIpc) is 2.73. The number of nitrogens with one attached hydrogen (secondary N) is 1. The summed E-state index contributed by atoms with van der Waals surface area (Å²) in [6.45, 7) is 0.646. The van der Waals surface area contributed by atoms with Gasteiger partial charge in [0.1, 0.15) is 5.69 Å². The van der Waals surface area contributed by atoms with E-state index in [-0.39, 0.29) is 25.0 Å². The monoisotopic (exact) mass is 279 g/mol. The summed E-state index contributed by atoms with van der Waals surface area (Å²) < 4.78 is 1.67. The molecule has 1 aliphatic carbocycles. The lowest BCUT2D eigenvalue weighted by molar-refractivity contribution is -0.122. The van der Waals surface area contributed by atoms with E-state index in [1.807, 2.05) is 4.90 Å². The molecule has 2 N–H and O–H groups in total. The second-order valence-corrected chi connectivity index (χ2v) is 5.16. The summed E-state index contributed by atoms with van der Waals surface area (Å²) in [6.07, 6.45) is 5.03. The topological polar surface area (TPSA) is 74.6 Å². The molecule has 6 heteroatoms. The van der Waals surface area contributed by atoms with Crippen molar-refractivity contribution in [1.29, 1.82) is 0 Å². The molecule has 0 aliphatic heterocycles. The minimum atomic E-state index is -0.389. The number of nitrogens with zero attached hydrogens (tertiary/aromatic N) is 2. The molecule has 1 heterocycles. The van der Waals surface area contributed by atoms with Gasteiger partial charge in [-0.15, -0.1) is 0 Å². The van der Waals surface area contributed by atoms with E-state index in [9.17, 15) is 9.59 Å². The molecule has 0 unspecified atom stereocenters. The third-order valence-electron chi connectivity index (χ3n) is 3.75. The molecule has 0 bridgehead atoms. The lowest BCUT2D eigenvalue weighted by atomic mass is 9.91. The van der Waals surface area contributed by atoms with Crippen LogP contribution in [0.25, 0.3) is 0 Å². The maximum absolute atomic E-state index is 11.9. The highest BCUT2D eigenvalue weighted by molar-refractivity contribution is 6.04. The van der Waals surface area contributed by atoms with E-state index in [2.05, 4.69) is 5.32 Å². The standard InChI is InChI=1S/C14H21N3O3/c1-16-7-3-6-12(16)14(20)15-13(19)10-17(8-9-18)11-4-2-5-11/h3,6-7,11,18H,2,4-5,8-10H2,1H3,(H,15,19,20). The van der Waals surface area contributed by atoms with E-state index in [1.165, 1.54) is 0 Å². The van der Waals surface area contributed by atoms with Crippen LogP contribution in [0.1, 0.15) is 29.8 Å². The minimum Gasteiger partial charge on any atom is -0.395 e. The van der Waals surface area contributed by atoms with Gasteiger partial charge in [-0.1, -0.05) is 6.42 Å². The van der Waals surface area contributed by atoms with Gasteiger partial charge in [-0.25, -0.2) is 0 Å². The van der Waals surface area contributed by atoms with Crippen molar-refractivity contribution in [1.82, 2.24) is 14.8 Å². The maximum atomic E-state index is 11.9. The van der Waals surface area contributed by atoms with Gasteiger partial charge >= 0.3 is 0 Å². The molecular formula is C14H21N3O3. The Hall–Kier alpha value is -1.66. The minimum absolute atomic E-state index is 0.0234. The Bertz CT molecular complexity index is 480. The van der Waals surface area contributed by atoms with Gasteiger partial charge in [0.15, 0.2) is 0 Å². The first-order valence-corrected chi connectivity index (χ1v) is 6.92. The highest BCUT2D eigenvalue weighted by Gasteiger charge is 2.26. The Balaban J connectivity index is 1.87. The van der Waals surface area contributed by atoms with Crippen molar-refractivity contribution in [3.63, 3.8) is 0 Å². The Morgan fingerprint density at radius 3 is 2.75 bits per heavy atom. The predicted molar refractivity (Wildman–Crippen MR) is 74.2 cm³/mol. The van der Waals surface area contributed by atoms with Crippen LogP contribution in [0.5, 0.6) is 0 Å². The summed E-state index contributed by atoms with van der Waals surface area (Å²) in [7, 11) is 1.76. The van der Waals surface area contributed by atoms with Crippen LogP contribution in [-0.2, 0) is 11.8 Å². The number of carbonyl (C=O) groups is 2. The van der Waals surface area contributed by atoms with Gasteiger partial charge in [-0.2, -0.15) is 0 Å². The van der Waals surface area contributed by atoms with Crippen molar-refractivity contribution in [2.45, 2.75) is 25.3 Å². The van der Waals surface area contributed by atoms with Crippen molar-refractivity contribution in [2.75, 3.05) is 19.7 Å². The Morgan fingerprint density at radius 2 is 2.25 bits per heavy atom. The molecule has 1 aromatic rings. The van der Waals surface area contributed by atoms with Gasteiger partial charge in [0.25, 0.3) is 5.91 Å². The van der Waals surface area contributed by atoms with Crippen molar-refractivity contribution in [2.24, 2.45) is 7.05 Å². The van der Waals surface area contributed by atoms with Crippen LogP contribution in [0.2, 0.25) is 0 Å². The molecule has 0 radical (unpaired) electrons. The van der Waals surface area contributed by atoms with Gasteiger partial charge in [0.05, 0.1) is 13.2 Å². The van der Waals surface area contributed by atoms with Crippen LogP contribution >= 0.6 is 0 Å². The molecule has 0 saturated heterocycles. The van der Waals surface area contributed by atoms with E-state index < -0.39 is 0 Å². The number of hydrogen-bond donors (Lipinski definition) is 2. The molecule has 110 valence electrons. The zero-order valence-electron chi connectivity index (χ0n) is 11.7. The number of hydrogen-bond acceptors (Lipinski definition) is 4. The summed E-state index contributed by atoms with van der Waals surface area (Å²) in [5.41, 5.74) is 0.454. The summed E-state index contributed by atoms with van der Waals surface area (Å²) >= 11 is 0. The lowest BCUT2D eigenvalue weighted by Crippen LogP contribution is -2.48. The van der Waals surface area contributed by atoms with Crippen molar-refractivity contribution < 1.29 is 14.7 Å². The third kappa shape index (κ3) is 3.46. The van der Waals surface area contributed by atoms with Crippen LogP contribution in [0, 0.1) is 0 Å². The fraction of sp³-hybridized carbons (Fsp3) is 0.571. The molecule has 1 saturated carbocycles. The van der Waals surface area contributed by atoms with Gasteiger partial charge in [-0.05, 0) is 25.0 Å². The first-order valence-electron chi connectivity index (χ1n) is 6.92. The highest BCUT2D eigenvalue weighted by atomic mass is 16.3. The quantitative estimate of drug-likeness (QED) is 0.776. The van der Waals surface area contributed by atoms with Crippen LogP contribution in [-0.4, -0.2) is 52.1 Å².